The minimum absolute atomic E-state index is 0.305. The molecule has 0 aliphatic heterocycles. The highest BCUT2D eigenvalue weighted by Gasteiger charge is 2.27. The number of nitrogens with zero attached hydrogens (tertiary/aromatic N) is 2. The number of aromatic nitrogens is 1. The predicted octanol–water partition coefficient (Wildman–Crippen LogP) is 7.30. The number of methoxy groups -OCH3 is 2. The minimum Gasteiger partial charge on any atom is -0.493 e. The van der Waals surface area contributed by atoms with Gasteiger partial charge in [-0.3, -0.25) is 9.88 Å². The smallest absolute Gasteiger partial charge is 0.412 e. The number of carbonyl (C=O) groups is 1. The maximum Gasteiger partial charge on any atom is 0.412 e. The Kier molecular flexibility index (Phi) is 7.29. The number of amides is 1. The van der Waals surface area contributed by atoms with Crippen LogP contribution in [0.25, 0.3) is 10.9 Å². The average molecular weight is 487 g/mol. The van der Waals surface area contributed by atoms with Crippen molar-refractivity contribution in [3.05, 3.63) is 83.6 Å². The Labute approximate surface area is 210 Å². The number of rotatable bonds is 8. The maximum atomic E-state index is 12.4. The highest BCUT2D eigenvalue weighted by Crippen LogP contribution is 2.40. The third kappa shape index (κ3) is 4.77. The highest BCUT2D eigenvalue weighted by molar-refractivity contribution is 5.90. The second-order valence-electron chi connectivity index (χ2n) is 8.53. The molecule has 0 radical (unpaired) electrons. The summed E-state index contributed by atoms with van der Waals surface area (Å²) in [4.78, 5) is 18.3. The van der Waals surface area contributed by atoms with E-state index in [2.05, 4.69) is 4.98 Å². The van der Waals surface area contributed by atoms with Gasteiger partial charge in [0.15, 0.2) is 11.5 Å². The third-order valence-corrected chi connectivity index (χ3v) is 6.27. The predicted molar refractivity (Wildman–Crippen MR) is 141 cm³/mol. The molecule has 1 atom stereocenters. The van der Waals surface area contributed by atoms with Crippen molar-refractivity contribution < 1.29 is 24.1 Å². The minimum atomic E-state index is -0.997. The molecule has 0 saturated heterocycles. The monoisotopic (exact) mass is 486 g/mol. The normalized spacial score (nSPS) is 11.7. The van der Waals surface area contributed by atoms with E-state index in [1.807, 2.05) is 69.3 Å². The Morgan fingerprint density at radius 2 is 1.61 bits per heavy atom. The van der Waals surface area contributed by atoms with Crippen LogP contribution in [0.4, 0.5) is 10.5 Å². The van der Waals surface area contributed by atoms with E-state index in [4.69, 9.17) is 14.2 Å². The van der Waals surface area contributed by atoms with Crippen molar-refractivity contribution in [3.63, 3.8) is 0 Å². The molecule has 1 amide bonds. The number of benzene rings is 3. The van der Waals surface area contributed by atoms with E-state index in [1.165, 1.54) is 4.90 Å². The number of fused-ring (bicyclic) bond motifs is 1. The summed E-state index contributed by atoms with van der Waals surface area (Å²) in [6, 6.07) is 18.6. The molecule has 1 aromatic heterocycles. The number of aryl methyl sites for hydroxylation is 2. The van der Waals surface area contributed by atoms with E-state index < -0.39 is 6.09 Å². The van der Waals surface area contributed by atoms with E-state index in [1.54, 1.807) is 32.5 Å². The van der Waals surface area contributed by atoms with E-state index >= 15 is 0 Å². The van der Waals surface area contributed by atoms with Gasteiger partial charge in [0.1, 0.15) is 11.5 Å². The van der Waals surface area contributed by atoms with Crippen molar-refractivity contribution in [2.24, 2.45) is 0 Å². The molecule has 0 bridgehead atoms. The molecule has 1 N–H and O–H groups in total. The summed E-state index contributed by atoms with van der Waals surface area (Å²) in [5.41, 5.74) is 3.91. The number of pyridine rings is 1. The molecule has 4 aromatic rings. The highest BCUT2D eigenvalue weighted by atomic mass is 16.5. The molecule has 36 heavy (non-hydrogen) atoms. The summed E-state index contributed by atoms with van der Waals surface area (Å²) < 4.78 is 17.2. The fraction of sp³-hybridized carbons (Fsp3) is 0.241. The lowest BCUT2D eigenvalue weighted by molar-refractivity contribution is 0.198. The number of anilines is 1. The van der Waals surface area contributed by atoms with Gasteiger partial charge >= 0.3 is 6.09 Å². The first-order valence-electron chi connectivity index (χ1n) is 11.7. The van der Waals surface area contributed by atoms with Crippen LogP contribution in [0.3, 0.4) is 0 Å². The summed E-state index contributed by atoms with van der Waals surface area (Å²) in [5, 5.41) is 11.0. The van der Waals surface area contributed by atoms with E-state index in [-0.39, 0.29) is 6.04 Å². The van der Waals surface area contributed by atoms with Crippen molar-refractivity contribution in [1.29, 1.82) is 0 Å². The Bertz CT molecular complexity index is 1390. The zero-order valence-corrected chi connectivity index (χ0v) is 21.1. The van der Waals surface area contributed by atoms with E-state index in [0.717, 1.165) is 22.1 Å². The van der Waals surface area contributed by atoms with Gasteiger partial charge in [0.25, 0.3) is 0 Å². The molecule has 186 valence electrons. The molecular weight excluding hydrogens is 456 g/mol. The molecule has 7 nitrogen and oxygen atoms in total. The molecule has 4 rings (SSSR count). The van der Waals surface area contributed by atoms with Crippen LogP contribution in [-0.2, 0) is 0 Å². The lowest BCUT2D eigenvalue weighted by Crippen LogP contribution is -2.34. The van der Waals surface area contributed by atoms with Crippen LogP contribution in [0.5, 0.6) is 23.0 Å². The first-order valence-corrected chi connectivity index (χ1v) is 11.7. The molecule has 1 unspecified atom stereocenters. The molecule has 7 heteroatoms. The van der Waals surface area contributed by atoms with Gasteiger partial charge in [-0.05, 0) is 61.2 Å². The van der Waals surface area contributed by atoms with Gasteiger partial charge in [-0.25, -0.2) is 4.79 Å². The van der Waals surface area contributed by atoms with Gasteiger partial charge in [-0.15, -0.1) is 0 Å². The Balaban J connectivity index is 1.74. The first kappa shape index (κ1) is 24.9. The fourth-order valence-electron chi connectivity index (χ4n) is 4.45. The van der Waals surface area contributed by atoms with Gasteiger partial charge in [0.2, 0.25) is 0 Å². The Hall–Kier alpha value is -4.26. The van der Waals surface area contributed by atoms with Crippen molar-refractivity contribution in [2.75, 3.05) is 19.1 Å². The topological polar surface area (TPSA) is 81.1 Å². The molecule has 0 spiro atoms. The molecule has 0 fully saturated rings. The summed E-state index contributed by atoms with van der Waals surface area (Å²) in [5.74, 6) is 2.41. The van der Waals surface area contributed by atoms with Crippen LogP contribution >= 0.6 is 0 Å². The molecular formula is C29H30N2O5. The van der Waals surface area contributed by atoms with Crippen LogP contribution in [0.2, 0.25) is 0 Å². The zero-order chi connectivity index (χ0) is 25.8. The van der Waals surface area contributed by atoms with E-state index in [0.29, 0.717) is 40.6 Å². The van der Waals surface area contributed by atoms with Gasteiger partial charge in [-0.1, -0.05) is 37.3 Å². The fourth-order valence-corrected chi connectivity index (χ4v) is 4.45. The van der Waals surface area contributed by atoms with Gasteiger partial charge in [0, 0.05) is 17.6 Å². The second-order valence-corrected chi connectivity index (χ2v) is 8.53. The average Bonchev–Trinajstić information content (AvgIpc) is 2.89. The maximum absolute atomic E-state index is 12.4. The number of carboxylic acid groups (broad SMARTS) is 1. The van der Waals surface area contributed by atoms with Crippen molar-refractivity contribution in [1.82, 2.24) is 4.98 Å². The second kappa shape index (κ2) is 10.6. The molecule has 3 aromatic carbocycles. The molecule has 1 heterocycles. The SMILES string of the molecule is CCC(c1ccccc1)N(C(=O)O)c1cc(C)c(Oc2ccnc3cc(OC)c(OC)cc23)cc1C. The van der Waals surface area contributed by atoms with Crippen LogP contribution in [0, 0.1) is 13.8 Å². The summed E-state index contributed by atoms with van der Waals surface area (Å²) >= 11 is 0. The summed E-state index contributed by atoms with van der Waals surface area (Å²) in [6.45, 7) is 5.80. The van der Waals surface area contributed by atoms with Crippen LogP contribution in [-0.4, -0.2) is 30.4 Å². The lowest BCUT2D eigenvalue weighted by Gasteiger charge is -2.31. The quantitative estimate of drug-likeness (QED) is 0.281. The summed E-state index contributed by atoms with van der Waals surface area (Å²) in [7, 11) is 3.17. The Morgan fingerprint density at radius 3 is 2.25 bits per heavy atom. The van der Waals surface area contributed by atoms with Crippen molar-refractivity contribution in [3.8, 4) is 23.0 Å². The number of ether oxygens (including phenoxy) is 3. The standard InChI is InChI=1S/C29H30N2O5/c1-6-23(20-10-8-7-9-11-20)31(29(32)33)24-14-19(3)26(15-18(24)2)36-25-12-13-30-22-17-28(35-5)27(34-4)16-21(22)25/h7-17,23H,6H2,1-5H3,(H,32,33). The molecule has 0 aliphatic carbocycles. The van der Waals surface area contributed by atoms with Crippen LogP contribution in [0.1, 0.15) is 36.1 Å². The zero-order valence-electron chi connectivity index (χ0n) is 21.1. The third-order valence-electron chi connectivity index (χ3n) is 6.27. The van der Waals surface area contributed by atoms with Crippen LogP contribution < -0.4 is 19.1 Å². The first-order chi connectivity index (χ1) is 17.4. The molecule has 0 aliphatic rings. The number of hydrogen-bond donors (Lipinski definition) is 1. The van der Waals surface area contributed by atoms with Crippen LogP contribution in [0.15, 0.2) is 66.9 Å². The van der Waals surface area contributed by atoms with Crippen molar-refractivity contribution >= 4 is 22.7 Å². The van der Waals surface area contributed by atoms with Gasteiger partial charge in [0.05, 0.1) is 31.5 Å². The van der Waals surface area contributed by atoms with E-state index in [9.17, 15) is 9.90 Å². The summed E-state index contributed by atoms with van der Waals surface area (Å²) in [6.07, 6.45) is 1.32. The largest absolute Gasteiger partial charge is 0.493 e. The molecule has 0 saturated carbocycles. The van der Waals surface area contributed by atoms with Gasteiger partial charge < -0.3 is 19.3 Å². The van der Waals surface area contributed by atoms with Crippen molar-refractivity contribution in [2.45, 2.75) is 33.2 Å². The Morgan fingerprint density at radius 1 is 0.917 bits per heavy atom. The lowest BCUT2D eigenvalue weighted by atomic mass is 10.0. The van der Waals surface area contributed by atoms with Gasteiger partial charge in [-0.2, -0.15) is 0 Å². The number of hydrogen-bond acceptors (Lipinski definition) is 5.